The Labute approximate surface area is 155 Å². The summed E-state index contributed by atoms with van der Waals surface area (Å²) in [5, 5.41) is 7.39. The van der Waals surface area contributed by atoms with E-state index in [4.69, 9.17) is 4.74 Å². The van der Waals surface area contributed by atoms with Gasteiger partial charge in [0.15, 0.2) is 11.4 Å². The fourth-order valence-electron chi connectivity index (χ4n) is 3.76. The maximum absolute atomic E-state index is 12.6. The second-order valence-electron chi connectivity index (χ2n) is 7.29. The van der Waals surface area contributed by atoms with Gasteiger partial charge in [0.1, 0.15) is 0 Å². The van der Waals surface area contributed by atoms with Crippen LogP contribution in [0.2, 0.25) is 0 Å². The molecule has 1 aliphatic rings. The van der Waals surface area contributed by atoms with E-state index in [1.807, 2.05) is 30.3 Å². The quantitative estimate of drug-likeness (QED) is 0.864. The van der Waals surface area contributed by atoms with Crippen LogP contribution in [0.15, 0.2) is 36.5 Å². The molecule has 1 aromatic carbocycles. The van der Waals surface area contributed by atoms with Crippen molar-refractivity contribution in [3.8, 4) is 11.4 Å². The highest BCUT2D eigenvalue weighted by molar-refractivity contribution is 5.94. The maximum Gasteiger partial charge on any atom is 0.275 e. The number of rotatable bonds is 6. The lowest BCUT2D eigenvalue weighted by molar-refractivity contribution is 0.0928. The lowest BCUT2D eigenvalue weighted by Gasteiger charge is -2.34. The van der Waals surface area contributed by atoms with Crippen LogP contribution in [0, 0.1) is 11.8 Å². The first-order chi connectivity index (χ1) is 12.6. The Morgan fingerprint density at radius 1 is 1.23 bits per heavy atom. The average Bonchev–Trinajstić information content (AvgIpc) is 3.06. The maximum atomic E-state index is 12.6. The lowest BCUT2D eigenvalue weighted by Crippen LogP contribution is -2.43. The van der Waals surface area contributed by atoms with Crippen LogP contribution in [-0.2, 0) is 0 Å². The highest BCUT2D eigenvalue weighted by Crippen LogP contribution is 2.21. The van der Waals surface area contributed by atoms with Crippen LogP contribution >= 0.6 is 0 Å². The molecule has 1 N–H and O–H groups in total. The van der Waals surface area contributed by atoms with Crippen molar-refractivity contribution >= 4 is 5.91 Å². The minimum atomic E-state index is -0.199. The van der Waals surface area contributed by atoms with Crippen molar-refractivity contribution in [1.29, 1.82) is 0 Å². The van der Waals surface area contributed by atoms with Gasteiger partial charge in [-0.3, -0.25) is 4.79 Å². The van der Waals surface area contributed by atoms with Gasteiger partial charge in [-0.1, -0.05) is 32.0 Å². The average molecular weight is 356 g/mol. The summed E-state index contributed by atoms with van der Waals surface area (Å²) in [4.78, 5) is 15.0. The highest BCUT2D eigenvalue weighted by atomic mass is 16.5. The number of benzene rings is 1. The van der Waals surface area contributed by atoms with E-state index in [-0.39, 0.29) is 5.91 Å². The molecule has 6 heteroatoms. The molecule has 2 aromatic rings. The van der Waals surface area contributed by atoms with Gasteiger partial charge in [-0.15, -0.1) is 0 Å². The van der Waals surface area contributed by atoms with E-state index in [0.717, 1.165) is 37.2 Å². The zero-order valence-corrected chi connectivity index (χ0v) is 15.8. The molecule has 1 aliphatic heterocycles. The van der Waals surface area contributed by atoms with Crippen molar-refractivity contribution in [1.82, 2.24) is 20.0 Å². The second-order valence-corrected chi connectivity index (χ2v) is 7.29. The largest absolute Gasteiger partial charge is 0.493 e. The summed E-state index contributed by atoms with van der Waals surface area (Å²) in [6, 6.07) is 9.69. The Balaban J connectivity index is 1.60. The molecule has 1 fully saturated rings. The number of piperidine rings is 1. The summed E-state index contributed by atoms with van der Waals surface area (Å²) < 4.78 is 7.01. The van der Waals surface area contributed by atoms with E-state index in [0.29, 0.717) is 18.0 Å². The fourth-order valence-corrected chi connectivity index (χ4v) is 3.76. The predicted octanol–water partition coefficient (Wildman–Crippen LogP) is 2.59. The molecule has 2 heterocycles. The van der Waals surface area contributed by atoms with Crippen molar-refractivity contribution in [3.05, 3.63) is 42.2 Å². The topological polar surface area (TPSA) is 59.4 Å². The van der Waals surface area contributed by atoms with Crippen molar-refractivity contribution in [2.24, 2.45) is 11.8 Å². The molecule has 1 amide bonds. The lowest BCUT2D eigenvalue weighted by atomic mass is 9.92. The normalized spacial score (nSPS) is 20.7. The molecule has 1 aromatic heterocycles. The van der Waals surface area contributed by atoms with Gasteiger partial charge in [0.2, 0.25) is 0 Å². The SMILES string of the molecule is COc1cn(-c2ccccc2)nc1C(=O)NCCN1C[C@H](C)C[C@H](C)C1. The number of carbonyl (C=O) groups excluding carboxylic acids is 1. The first kappa shape index (κ1) is 18.5. The van der Waals surface area contributed by atoms with Crippen LogP contribution in [0.3, 0.4) is 0 Å². The Morgan fingerprint density at radius 2 is 1.92 bits per heavy atom. The number of hydrogen-bond donors (Lipinski definition) is 1. The molecule has 6 nitrogen and oxygen atoms in total. The van der Waals surface area contributed by atoms with E-state index in [9.17, 15) is 4.79 Å². The fraction of sp³-hybridized carbons (Fsp3) is 0.500. The van der Waals surface area contributed by atoms with Gasteiger partial charge in [0, 0.05) is 26.2 Å². The molecule has 1 saturated heterocycles. The van der Waals surface area contributed by atoms with Gasteiger partial charge in [-0.25, -0.2) is 4.68 Å². The zero-order chi connectivity index (χ0) is 18.5. The van der Waals surface area contributed by atoms with E-state index >= 15 is 0 Å². The van der Waals surface area contributed by atoms with Crippen LogP contribution < -0.4 is 10.1 Å². The van der Waals surface area contributed by atoms with Crippen molar-refractivity contribution in [2.75, 3.05) is 33.3 Å². The number of nitrogens with zero attached hydrogens (tertiary/aromatic N) is 3. The Morgan fingerprint density at radius 3 is 2.58 bits per heavy atom. The molecule has 2 atom stereocenters. The number of amides is 1. The summed E-state index contributed by atoms with van der Waals surface area (Å²) in [6.07, 6.45) is 3.02. The van der Waals surface area contributed by atoms with Gasteiger partial charge >= 0.3 is 0 Å². The van der Waals surface area contributed by atoms with E-state index in [2.05, 4.69) is 29.2 Å². The molecule has 0 aliphatic carbocycles. The third-order valence-corrected chi connectivity index (χ3v) is 4.79. The van der Waals surface area contributed by atoms with Crippen LogP contribution in [0.25, 0.3) is 5.69 Å². The molecule has 0 radical (unpaired) electrons. The van der Waals surface area contributed by atoms with Crippen LogP contribution in [-0.4, -0.2) is 53.9 Å². The number of carbonyl (C=O) groups is 1. The third-order valence-electron chi connectivity index (χ3n) is 4.79. The molecular formula is C20H28N4O2. The number of methoxy groups -OCH3 is 1. The van der Waals surface area contributed by atoms with Crippen molar-refractivity contribution in [2.45, 2.75) is 20.3 Å². The number of hydrogen-bond acceptors (Lipinski definition) is 4. The Bertz CT molecular complexity index is 719. The number of aromatic nitrogens is 2. The predicted molar refractivity (Wildman–Crippen MR) is 102 cm³/mol. The number of likely N-dealkylation sites (tertiary alicyclic amines) is 1. The van der Waals surface area contributed by atoms with Crippen molar-refractivity contribution < 1.29 is 9.53 Å². The van der Waals surface area contributed by atoms with Crippen molar-refractivity contribution in [3.63, 3.8) is 0 Å². The molecule has 0 spiro atoms. The summed E-state index contributed by atoms with van der Waals surface area (Å²) in [5.74, 6) is 1.72. The molecule has 140 valence electrons. The summed E-state index contributed by atoms with van der Waals surface area (Å²) in [6.45, 7) is 8.27. The third kappa shape index (κ3) is 4.43. The van der Waals surface area contributed by atoms with E-state index < -0.39 is 0 Å². The summed E-state index contributed by atoms with van der Waals surface area (Å²) in [7, 11) is 1.56. The number of para-hydroxylation sites is 1. The molecule has 0 saturated carbocycles. The van der Waals surface area contributed by atoms with Crippen LogP contribution in [0.5, 0.6) is 5.75 Å². The highest BCUT2D eigenvalue weighted by Gasteiger charge is 2.22. The molecular weight excluding hydrogens is 328 g/mol. The van der Waals surface area contributed by atoms with Gasteiger partial charge in [0.25, 0.3) is 5.91 Å². The van der Waals surface area contributed by atoms with Crippen LogP contribution in [0.1, 0.15) is 30.8 Å². The zero-order valence-electron chi connectivity index (χ0n) is 15.8. The smallest absolute Gasteiger partial charge is 0.275 e. The molecule has 0 bridgehead atoms. The van der Waals surface area contributed by atoms with Gasteiger partial charge in [-0.2, -0.15) is 5.10 Å². The minimum absolute atomic E-state index is 0.199. The van der Waals surface area contributed by atoms with E-state index in [1.165, 1.54) is 6.42 Å². The first-order valence-corrected chi connectivity index (χ1v) is 9.26. The second kappa shape index (κ2) is 8.36. The number of ether oxygens (including phenoxy) is 1. The van der Waals surface area contributed by atoms with Gasteiger partial charge in [0.05, 0.1) is 19.0 Å². The van der Waals surface area contributed by atoms with Crippen LogP contribution in [0.4, 0.5) is 0 Å². The molecule has 26 heavy (non-hydrogen) atoms. The summed E-state index contributed by atoms with van der Waals surface area (Å²) in [5.41, 5.74) is 1.21. The van der Waals surface area contributed by atoms with Gasteiger partial charge < -0.3 is 15.0 Å². The Kier molecular flexibility index (Phi) is 5.93. The molecule has 0 unspecified atom stereocenters. The van der Waals surface area contributed by atoms with Gasteiger partial charge in [-0.05, 0) is 30.4 Å². The standard InChI is InChI=1S/C20H28N4O2/c1-15-11-16(2)13-23(12-15)10-9-21-20(25)19-18(26-3)14-24(22-19)17-7-5-4-6-8-17/h4-8,14-16H,9-13H2,1-3H3,(H,21,25)/t15-,16+. The minimum Gasteiger partial charge on any atom is -0.493 e. The summed E-state index contributed by atoms with van der Waals surface area (Å²) >= 11 is 0. The first-order valence-electron chi connectivity index (χ1n) is 9.26. The number of nitrogens with one attached hydrogen (secondary N) is 1. The molecule has 3 rings (SSSR count). The van der Waals surface area contributed by atoms with E-state index in [1.54, 1.807) is 18.0 Å². The monoisotopic (exact) mass is 356 g/mol. The Hall–Kier alpha value is -2.34.